The number of benzene rings is 1. The first-order valence-electron chi connectivity index (χ1n) is 8.94. The molecule has 9 nitrogen and oxygen atoms in total. The average molecular weight is 398 g/mol. The maximum absolute atomic E-state index is 13.3. The first-order chi connectivity index (χ1) is 13.6. The number of Topliss-reactive ketones (excluding diaryl/α,β-unsaturated/α-hetero) is 1. The van der Waals surface area contributed by atoms with Gasteiger partial charge in [-0.15, -0.1) is 0 Å². The van der Waals surface area contributed by atoms with Crippen LogP contribution in [-0.4, -0.2) is 49.7 Å². The zero-order valence-corrected chi connectivity index (χ0v) is 15.1. The molecule has 0 radical (unpaired) electrons. The Morgan fingerprint density at radius 1 is 1.24 bits per heavy atom. The number of nitrogens with one attached hydrogen (secondary N) is 1. The number of aliphatic hydroxyl groups excluding tert-OH is 2. The topological polar surface area (TPSA) is 182 Å². The van der Waals surface area contributed by atoms with Crippen molar-refractivity contribution in [2.45, 2.75) is 24.9 Å². The van der Waals surface area contributed by atoms with Gasteiger partial charge in [0.25, 0.3) is 5.91 Å². The van der Waals surface area contributed by atoms with Crippen molar-refractivity contribution in [3.63, 3.8) is 0 Å². The van der Waals surface area contributed by atoms with Gasteiger partial charge in [-0.1, -0.05) is 0 Å². The predicted molar refractivity (Wildman–Crippen MR) is 99.5 cm³/mol. The molecule has 3 aliphatic rings. The SMILES string of the molecule is N=C1C(C(N)=O)=C(O)C[C@@H]2C[C@@H]3Cc4c(C=O)ccc(O)c4C(O)=C3C(=O)[C@]12O. The van der Waals surface area contributed by atoms with E-state index in [-0.39, 0.29) is 41.7 Å². The van der Waals surface area contributed by atoms with Gasteiger partial charge >= 0.3 is 0 Å². The molecule has 0 saturated heterocycles. The summed E-state index contributed by atoms with van der Waals surface area (Å²) in [4.78, 5) is 36.3. The van der Waals surface area contributed by atoms with Crippen molar-refractivity contribution >= 4 is 29.4 Å². The van der Waals surface area contributed by atoms with Gasteiger partial charge in [-0.25, -0.2) is 0 Å². The number of hydrogen-bond donors (Lipinski definition) is 6. The van der Waals surface area contributed by atoms with Crippen molar-refractivity contribution in [1.29, 1.82) is 5.41 Å². The third kappa shape index (κ3) is 2.31. The fourth-order valence-corrected chi connectivity index (χ4v) is 4.81. The number of hydrogen-bond acceptors (Lipinski definition) is 8. The van der Waals surface area contributed by atoms with Crippen molar-refractivity contribution < 1.29 is 34.8 Å². The van der Waals surface area contributed by atoms with E-state index in [9.17, 15) is 34.8 Å². The van der Waals surface area contributed by atoms with Gasteiger partial charge in [-0.2, -0.15) is 0 Å². The van der Waals surface area contributed by atoms with Crippen LogP contribution in [0.3, 0.4) is 0 Å². The standard InChI is InChI=1S/C20H18N2O7/c21-17-15(19(22)28)12(25)5-9-3-8-4-10-7(6-23)1-2-11(24)14(10)16(26)13(8)18(27)20(9,17)29/h1-2,6,8-9,21,24-26,29H,3-5H2,(H2,22,28)/t8-,9+,20-/m1/s1. The van der Waals surface area contributed by atoms with Crippen molar-refractivity contribution in [3.8, 4) is 5.75 Å². The van der Waals surface area contributed by atoms with Gasteiger partial charge in [-0.3, -0.25) is 14.4 Å². The molecule has 1 aromatic rings. The predicted octanol–water partition coefficient (Wildman–Crippen LogP) is 0.687. The highest BCUT2D eigenvalue weighted by atomic mass is 16.3. The molecule has 1 saturated carbocycles. The summed E-state index contributed by atoms with van der Waals surface area (Å²) in [5.74, 6) is -5.00. The van der Waals surface area contributed by atoms with Crippen LogP contribution in [0, 0.1) is 17.2 Å². The van der Waals surface area contributed by atoms with Gasteiger partial charge < -0.3 is 31.6 Å². The number of nitrogens with two attached hydrogens (primary N) is 1. The summed E-state index contributed by atoms with van der Waals surface area (Å²) < 4.78 is 0. The van der Waals surface area contributed by atoms with Crippen LogP contribution >= 0.6 is 0 Å². The van der Waals surface area contributed by atoms with E-state index in [0.717, 1.165) is 0 Å². The highest BCUT2D eigenvalue weighted by Gasteiger charge is 2.59. The fraction of sp³-hybridized carbons (Fsp3) is 0.300. The van der Waals surface area contributed by atoms with Crippen molar-refractivity contribution in [2.75, 3.05) is 0 Å². The maximum atomic E-state index is 13.3. The molecule has 0 heterocycles. The molecule has 1 aromatic carbocycles. The van der Waals surface area contributed by atoms with Gasteiger partial charge in [0.2, 0.25) is 5.78 Å². The molecule has 0 spiro atoms. The monoisotopic (exact) mass is 398 g/mol. The van der Waals surface area contributed by atoms with Crippen LogP contribution in [0.5, 0.6) is 5.75 Å². The van der Waals surface area contributed by atoms with E-state index < -0.39 is 51.9 Å². The molecule has 3 aliphatic carbocycles. The molecule has 9 heteroatoms. The van der Waals surface area contributed by atoms with Crippen LogP contribution in [0.15, 0.2) is 29.0 Å². The third-order valence-electron chi connectivity index (χ3n) is 6.16. The molecular formula is C20H18N2O7. The van der Waals surface area contributed by atoms with Crippen LogP contribution in [-0.2, 0) is 16.0 Å². The Kier molecular flexibility index (Phi) is 3.92. The average Bonchev–Trinajstić information content (AvgIpc) is 2.64. The molecule has 7 N–H and O–H groups in total. The van der Waals surface area contributed by atoms with Gasteiger partial charge in [-0.05, 0) is 36.5 Å². The van der Waals surface area contributed by atoms with E-state index >= 15 is 0 Å². The van der Waals surface area contributed by atoms with E-state index in [4.69, 9.17) is 11.1 Å². The number of aliphatic hydroxyl groups is 3. The number of amides is 1. The molecule has 0 aromatic heterocycles. The summed E-state index contributed by atoms with van der Waals surface area (Å²) in [5, 5.41) is 50.5. The molecule has 29 heavy (non-hydrogen) atoms. The summed E-state index contributed by atoms with van der Waals surface area (Å²) in [6.45, 7) is 0. The highest BCUT2D eigenvalue weighted by Crippen LogP contribution is 2.51. The lowest BCUT2D eigenvalue weighted by Gasteiger charge is -2.46. The number of allylic oxidation sites excluding steroid dienone is 1. The van der Waals surface area contributed by atoms with Gasteiger partial charge in [0.05, 0.1) is 11.3 Å². The minimum atomic E-state index is -2.44. The van der Waals surface area contributed by atoms with Crippen LogP contribution in [0.2, 0.25) is 0 Å². The van der Waals surface area contributed by atoms with Crippen molar-refractivity contribution in [3.05, 3.63) is 45.7 Å². The van der Waals surface area contributed by atoms with Crippen LogP contribution in [0.1, 0.15) is 34.3 Å². The van der Waals surface area contributed by atoms with Gasteiger partial charge in [0.15, 0.2) is 5.60 Å². The van der Waals surface area contributed by atoms with Crippen molar-refractivity contribution in [1.82, 2.24) is 0 Å². The minimum absolute atomic E-state index is 0.0629. The van der Waals surface area contributed by atoms with Crippen molar-refractivity contribution in [2.24, 2.45) is 17.6 Å². The number of carbonyl (C=O) groups excluding carboxylic acids is 3. The summed E-state index contributed by atoms with van der Waals surface area (Å²) >= 11 is 0. The molecule has 0 unspecified atom stereocenters. The lowest BCUT2D eigenvalue weighted by atomic mass is 9.58. The Labute approximate surface area is 164 Å². The van der Waals surface area contributed by atoms with Gasteiger partial charge in [0, 0.05) is 23.5 Å². The van der Waals surface area contributed by atoms with Crippen LogP contribution < -0.4 is 5.73 Å². The first-order valence-corrected chi connectivity index (χ1v) is 8.94. The summed E-state index contributed by atoms with van der Waals surface area (Å²) in [6, 6.07) is 2.63. The van der Waals surface area contributed by atoms with Crippen LogP contribution in [0.25, 0.3) is 5.76 Å². The quantitative estimate of drug-likeness (QED) is 0.396. The number of primary amides is 1. The van der Waals surface area contributed by atoms with E-state index in [1.807, 2.05) is 0 Å². The zero-order chi connectivity index (χ0) is 21.2. The number of carbonyl (C=O) groups is 3. The van der Waals surface area contributed by atoms with E-state index in [0.29, 0.717) is 11.8 Å². The Morgan fingerprint density at radius 3 is 2.55 bits per heavy atom. The molecular weight excluding hydrogens is 380 g/mol. The number of fused-ring (bicyclic) bond motifs is 3. The Balaban J connectivity index is 1.92. The Morgan fingerprint density at radius 2 is 1.93 bits per heavy atom. The lowest BCUT2D eigenvalue weighted by molar-refractivity contribution is -0.136. The summed E-state index contributed by atoms with van der Waals surface area (Å²) in [7, 11) is 0. The summed E-state index contributed by atoms with van der Waals surface area (Å²) in [6.07, 6.45) is 0.603. The van der Waals surface area contributed by atoms with Crippen LogP contribution in [0.4, 0.5) is 0 Å². The second-order valence-electron chi connectivity index (χ2n) is 7.60. The highest BCUT2D eigenvalue weighted by molar-refractivity contribution is 6.33. The molecule has 1 amide bonds. The molecule has 0 bridgehead atoms. The molecule has 0 aliphatic heterocycles. The second kappa shape index (κ2) is 6.02. The Hall–Kier alpha value is -3.46. The molecule has 1 fully saturated rings. The first kappa shape index (κ1) is 18.9. The number of phenolic OH excluding ortho intramolecular Hbond substituents is 1. The second-order valence-corrected chi connectivity index (χ2v) is 7.60. The lowest BCUT2D eigenvalue weighted by Crippen LogP contribution is -2.61. The Bertz CT molecular complexity index is 1080. The van der Waals surface area contributed by atoms with Gasteiger partial charge in [0.1, 0.15) is 29.1 Å². The minimum Gasteiger partial charge on any atom is -0.511 e. The fourth-order valence-electron chi connectivity index (χ4n) is 4.81. The van der Waals surface area contributed by atoms with E-state index in [1.165, 1.54) is 12.1 Å². The zero-order valence-electron chi connectivity index (χ0n) is 15.1. The summed E-state index contributed by atoms with van der Waals surface area (Å²) in [5.41, 5.74) is 1.74. The van der Waals surface area contributed by atoms with E-state index in [2.05, 4.69) is 0 Å². The number of ketones is 1. The number of aldehydes is 1. The molecule has 150 valence electrons. The number of aromatic hydroxyl groups is 1. The maximum Gasteiger partial charge on any atom is 0.254 e. The number of phenols is 1. The normalized spacial score (nSPS) is 28.6. The third-order valence-corrected chi connectivity index (χ3v) is 6.16. The molecule has 4 rings (SSSR count). The largest absolute Gasteiger partial charge is 0.511 e. The molecule has 3 atom stereocenters. The number of rotatable bonds is 2. The smallest absolute Gasteiger partial charge is 0.254 e. The van der Waals surface area contributed by atoms with E-state index in [1.54, 1.807) is 0 Å².